The van der Waals surface area contributed by atoms with Crippen LogP contribution in [0.25, 0.3) is 11.1 Å². The molecule has 0 unspecified atom stereocenters. The Morgan fingerprint density at radius 1 is 1.00 bits per heavy atom. The molecule has 1 nitrogen and oxygen atoms in total. The van der Waals surface area contributed by atoms with Gasteiger partial charge in [-0.15, -0.1) is 0 Å². The highest BCUT2D eigenvalue weighted by atomic mass is 35.5. The van der Waals surface area contributed by atoms with Gasteiger partial charge in [0.2, 0.25) is 0 Å². The van der Waals surface area contributed by atoms with Crippen molar-refractivity contribution in [2.75, 3.05) is 5.73 Å². The van der Waals surface area contributed by atoms with Crippen molar-refractivity contribution in [2.24, 2.45) is 0 Å². The lowest BCUT2D eigenvalue weighted by atomic mass is 10.0. The van der Waals surface area contributed by atoms with Gasteiger partial charge in [-0.3, -0.25) is 0 Å². The molecule has 0 atom stereocenters. The maximum atomic E-state index is 13.6. The molecule has 0 aliphatic rings. The normalized spacial score (nSPS) is 10.4. The van der Waals surface area contributed by atoms with Crippen LogP contribution in [0.15, 0.2) is 36.4 Å². The van der Waals surface area contributed by atoms with Crippen LogP contribution in [0.2, 0.25) is 10.0 Å². The molecule has 82 valence electrons. The van der Waals surface area contributed by atoms with E-state index >= 15 is 0 Å². The van der Waals surface area contributed by atoms with E-state index in [9.17, 15) is 4.39 Å². The zero-order chi connectivity index (χ0) is 11.7. The van der Waals surface area contributed by atoms with E-state index in [0.717, 1.165) is 0 Å². The molecule has 0 aliphatic heterocycles. The van der Waals surface area contributed by atoms with Crippen LogP contribution in [0.4, 0.5) is 10.1 Å². The fourth-order valence-corrected chi connectivity index (χ4v) is 1.80. The molecule has 0 spiro atoms. The van der Waals surface area contributed by atoms with Crippen LogP contribution < -0.4 is 5.73 Å². The van der Waals surface area contributed by atoms with Gasteiger partial charge in [-0.05, 0) is 29.8 Å². The minimum absolute atomic E-state index is 0.348. The van der Waals surface area contributed by atoms with Gasteiger partial charge in [0.25, 0.3) is 0 Å². The summed E-state index contributed by atoms with van der Waals surface area (Å²) in [5.74, 6) is -0.376. The maximum Gasteiger partial charge on any atom is 0.133 e. The molecule has 0 heterocycles. The summed E-state index contributed by atoms with van der Waals surface area (Å²) < 4.78 is 13.6. The van der Waals surface area contributed by atoms with Crippen LogP contribution in [-0.2, 0) is 0 Å². The van der Waals surface area contributed by atoms with Crippen molar-refractivity contribution in [1.29, 1.82) is 0 Å². The lowest BCUT2D eigenvalue weighted by Crippen LogP contribution is -1.93. The van der Waals surface area contributed by atoms with Crippen molar-refractivity contribution in [1.82, 2.24) is 0 Å². The molecule has 2 aromatic carbocycles. The van der Waals surface area contributed by atoms with Gasteiger partial charge < -0.3 is 5.73 Å². The molecule has 0 bridgehead atoms. The molecule has 4 heteroatoms. The molecule has 2 N–H and O–H groups in total. The zero-order valence-electron chi connectivity index (χ0n) is 8.18. The minimum atomic E-state index is -0.376. The molecule has 0 saturated carbocycles. The highest BCUT2D eigenvalue weighted by Crippen LogP contribution is 2.33. The van der Waals surface area contributed by atoms with Gasteiger partial charge in [-0.1, -0.05) is 35.3 Å². The Morgan fingerprint density at radius 2 is 1.75 bits per heavy atom. The van der Waals surface area contributed by atoms with Gasteiger partial charge in [0, 0.05) is 11.3 Å². The first-order chi connectivity index (χ1) is 7.59. The third-order valence-electron chi connectivity index (χ3n) is 2.25. The largest absolute Gasteiger partial charge is 0.398 e. The fraction of sp³-hybridized carbons (Fsp3) is 0. The Labute approximate surface area is 103 Å². The number of rotatable bonds is 1. The van der Waals surface area contributed by atoms with Crippen molar-refractivity contribution in [3.8, 4) is 11.1 Å². The first-order valence-electron chi connectivity index (χ1n) is 4.59. The SMILES string of the molecule is Nc1cccc(F)c1-c1ccc(Cl)c(Cl)c1. The lowest BCUT2D eigenvalue weighted by Gasteiger charge is -2.08. The van der Waals surface area contributed by atoms with E-state index in [-0.39, 0.29) is 5.82 Å². The van der Waals surface area contributed by atoms with Crippen molar-refractivity contribution < 1.29 is 4.39 Å². The number of benzene rings is 2. The fourth-order valence-electron chi connectivity index (χ4n) is 1.50. The molecule has 0 saturated heterocycles. The van der Waals surface area contributed by atoms with Gasteiger partial charge in [-0.25, -0.2) is 4.39 Å². The Bertz CT molecular complexity index is 520. The molecule has 0 aliphatic carbocycles. The third kappa shape index (κ3) is 1.99. The Hall–Kier alpha value is -1.25. The standard InChI is InChI=1S/C12H8Cl2FN/c13-8-5-4-7(6-9(8)14)12-10(15)2-1-3-11(12)16/h1-6H,16H2. The molecule has 2 rings (SSSR count). The summed E-state index contributed by atoms with van der Waals surface area (Å²) in [7, 11) is 0. The second kappa shape index (κ2) is 4.32. The monoisotopic (exact) mass is 255 g/mol. The quantitative estimate of drug-likeness (QED) is 0.752. The molecular weight excluding hydrogens is 248 g/mol. The number of nitrogens with two attached hydrogens (primary N) is 1. The van der Waals surface area contributed by atoms with Crippen LogP contribution in [-0.4, -0.2) is 0 Å². The number of anilines is 1. The van der Waals surface area contributed by atoms with Crippen molar-refractivity contribution in [3.05, 3.63) is 52.3 Å². The lowest BCUT2D eigenvalue weighted by molar-refractivity contribution is 0.632. The molecule has 0 radical (unpaired) electrons. The van der Waals surface area contributed by atoms with Gasteiger partial charge in [0.1, 0.15) is 5.82 Å². The maximum absolute atomic E-state index is 13.6. The summed E-state index contributed by atoms with van der Waals surface area (Å²) >= 11 is 11.7. The summed E-state index contributed by atoms with van der Waals surface area (Å²) in [6.45, 7) is 0. The van der Waals surface area contributed by atoms with Gasteiger partial charge in [0.05, 0.1) is 10.0 Å². The summed E-state index contributed by atoms with van der Waals surface area (Å²) in [6, 6.07) is 9.45. The summed E-state index contributed by atoms with van der Waals surface area (Å²) in [5, 5.41) is 0.808. The van der Waals surface area contributed by atoms with E-state index in [2.05, 4.69) is 0 Å². The highest BCUT2D eigenvalue weighted by Gasteiger charge is 2.10. The van der Waals surface area contributed by atoms with E-state index in [4.69, 9.17) is 28.9 Å². The number of hydrogen-bond donors (Lipinski definition) is 1. The van der Waals surface area contributed by atoms with E-state index in [0.29, 0.717) is 26.9 Å². The topological polar surface area (TPSA) is 26.0 Å². The second-order valence-corrected chi connectivity index (χ2v) is 4.15. The van der Waals surface area contributed by atoms with Gasteiger partial charge in [0.15, 0.2) is 0 Å². The second-order valence-electron chi connectivity index (χ2n) is 3.33. The first-order valence-corrected chi connectivity index (χ1v) is 5.34. The Kier molecular flexibility index (Phi) is 3.03. The number of nitrogen functional groups attached to an aromatic ring is 1. The molecular formula is C12H8Cl2FN. The first kappa shape index (κ1) is 11.2. The van der Waals surface area contributed by atoms with E-state index in [1.54, 1.807) is 30.3 Å². The van der Waals surface area contributed by atoms with Crippen LogP contribution >= 0.6 is 23.2 Å². The predicted molar refractivity (Wildman–Crippen MR) is 66.3 cm³/mol. The summed E-state index contributed by atoms with van der Waals surface area (Å²) in [4.78, 5) is 0. The Morgan fingerprint density at radius 3 is 2.38 bits per heavy atom. The van der Waals surface area contributed by atoms with Crippen molar-refractivity contribution >= 4 is 28.9 Å². The van der Waals surface area contributed by atoms with E-state index in [1.165, 1.54) is 6.07 Å². The highest BCUT2D eigenvalue weighted by molar-refractivity contribution is 6.42. The van der Waals surface area contributed by atoms with Crippen LogP contribution in [0.3, 0.4) is 0 Å². The number of halogens is 3. The molecule has 0 fully saturated rings. The smallest absolute Gasteiger partial charge is 0.133 e. The van der Waals surface area contributed by atoms with Crippen molar-refractivity contribution in [2.45, 2.75) is 0 Å². The van der Waals surface area contributed by atoms with Crippen LogP contribution in [0.5, 0.6) is 0 Å². The van der Waals surface area contributed by atoms with Gasteiger partial charge >= 0.3 is 0 Å². The molecule has 0 amide bonds. The van der Waals surface area contributed by atoms with Crippen LogP contribution in [0, 0.1) is 5.82 Å². The molecule has 0 aromatic heterocycles. The molecule has 16 heavy (non-hydrogen) atoms. The Balaban J connectivity index is 2.63. The zero-order valence-corrected chi connectivity index (χ0v) is 9.69. The summed E-state index contributed by atoms with van der Waals surface area (Å²) in [5.41, 5.74) is 7.06. The third-order valence-corrected chi connectivity index (χ3v) is 2.99. The molecule has 2 aromatic rings. The minimum Gasteiger partial charge on any atom is -0.398 e. The predicted octanol–water partition coefficient (Wildman–Crippen LogP) is 4.38. The average Bonchev–Trinajstić information content (AvgIpc) is 2.23. The van der Waals surface area contributed by atoms with E-state index in [1.807, 2.05) is 0 Å². The van der Waals surface area contributed by atoms with E-state index < -0.39 is 0 Å². The van der Waals surface area contributed by atoms with Crippen LogP contribution in [0.1, 0.15) is 0 Å². The number of hydrogen-bond acceptors (Lipinski definition) is 1. The average molecular weight is 256 g/mol. The van der Waals surface area contributed by atoms with Gasteiger partial charge in [-0.2, -0.15) is 0 Å². The summed E-state index contributed by atoms with van der Waals surface area (Å²) in [6.07, 6.45) is 0. The van der Waals surface area contributed by atoms with Crippen molar-refractivity contribution in [3.63, 3.8) is 0 Å².